The van der Waals surface area contributed by atoms with Crippen LogP contribution in [0.5, 0.6) is 0 Å². The van der Waals surface area contributed by atoms with E-state index in [2.05, 4.69) is 24.4 Å². The number of hydrogen-bond acceptors (Lipinski definition) is 4. The highest BCUT2D eigenvalue weighted by Gasteiger charge is 2.41. The summed E-state index contributed by atoms with van der Waals surface area (Å²) in [5.41, 5.74) is 2.23. The number of carbonyl (C=O) groups excluding carboxylic acids is 2. The molecule has 152 valence electrons. The lowest BCUT2D eigenvalue weighted by Crippen LogP contribution is -2.54. The summed E-state index contributed by atoms with van der Waals surface area (Å²) in [5, 5.41) is 3.29. The van der Waals surface area contributed by atoms with Crippen molar-refractivity contribution in [2.24, 2.45) is 0 Å². The number of benzene rings is 1. The van der Waals surface area contributed by atoms with E-state index < -0.39 is 0 Å². The molecule has 2 unspecified atom stereocenters. The van der Waals surface area contributed by atoms with Crippen molar-refractivity contribution in [1.29, 1.82) is 0 Å². The Kier molecular flexibility index (Phi) is 7.57. The minimum atomic E-state index is -0.0876. The van der Waals surface area contributed by atoms with Crippen molar-refractivity contribution >= 4 is 29.7 Å². The van der Waals surface area contributed by atoms with Crippen LogP contribution in [0.3, 0.4) is 0 Å². The Morgan fingerprint density at radius 3 is 2.79 bits per heavy atom. The molecule has 2 aliphatic rings. The molecular weight excluding hydrogens is 372 g/mol. The van der Waals surface area contributed by atoms with Gasteiger partial charge in [-0.1, -0.05) is 42.7 Å². The summed E-state index contributed by atoms with van der Waals surface area (Å²) in [7, 11) is 1.65. The van der Waals surface area contributed by atoms with E-state index in [1.54, 1.807) is 18.9 Å². The normalized spacial score (nSPS) is 23.6. The Balaban J connectivity index is 1.73. The van der Waals surface area contributed by atoms with Crippen LogP contribution in [-0.4, -0.2) is 54.8 Å². The zero-order valence-corrected chi connectivity index (χ0v) is 17.6. The topological polar surface area (TPSA) is 58.6 Å². The van der Waals surface area contributed by atoms with Crippen LogP contribution in [0.4, 0.5) is 0 Å². The lowest BCUT2D eigenvalue weighted by molar-refractivity contribution is -0.135. The van der Waals surface area contributed by atoms with Crippen LogP contribution in [0.25, 0.3) is 6.08 Å². The molecule has 1 aromatic carbocycles. The highest BCUT2D eigenvalue weighted by molar-refractivity contribution is 8.04. The van der Waals surface area contributed by atoms with Gasteiger partial charge in [-0.05, 0) is 37.8 Å². The quantitative estimate of drug-likeness (QED) is 0.561. The first-order chi connectivity index (χ1) is 13.6. The van der Waals surface area contributed by atoms with E-state index in [1.807, 2.05) is 23.1 Å². The minimum Gasteiger partial charge on any atom is -0.385 e. The molecule has 2 fully saturated rings. The number of fused-ring (bicyclic) bond motifs is 1. The molecule has 0 bridgehead atoms. The standard InChI is InChI=1S/C22H30N2O3S/c1-16-8-10-17(11-9-16)14-20-22(26)24(15-21(25)23-12-5-13-27-2)18-6-3-4-7-19(18)28-20/h8-11,14,18-19H,3-7,12-13,15H2,1-2H3,(H,23,25)/b20-14+. The van der Waals surface area contributed by atoms with Gasteiger partial charge in [0.05, 0.1) is 4.91 Å². The van der Waals surface area contributed by atoms with Gasteiger partial charge >= 0.3 is 0 Å². The molecule has 2 atom stereocenters. The lowest BCUT2D eigenvalue weighted by Gasteiger charge is -2.43. The summed E-state index contributed by atoms with van der Waals surface area (Å²) < 4.78 is 5.01. The van der Waals surface area contributed by atoms with Crippen LogP contribution in [0, 0.1) is 6.92 Å². The average molecular weight is 403 g/mol. The molecule has 2 amide bonds. The maximum absolute atomic E-state index is 13.2. The van der Waals surface area contributed by atoms with Gasteiger partial charge in [-0.15, -0.1) is 11.8 Å². The van der Waals surface area contributed by atoms with E-state index >= 15 is 0 Å². The number of aryl methyl sites for hydroxylation is 1. The first-order valence-electron chi connectivity index (χ1n) is 10.1. The van der Waals surface area contributed by atoms with Crippen LogP contribution in [0.2, 0.25) is 0 Å². The zero-order valence-electron chi connectivity index (χ0n) is 16.8. The Morgan fingerprint density at radius 2 is 2.04 bits per heavy atom. The third-order valence-corrected chi connectivity index (χ3v) is 6.75. The van der Waals surface area contributed by atoms with Crippen LogP contribution in [-0.2, 0) is 14.3 Å². The summed E-state index contributed by atoms with van der Waals surface area (Å²) in [6.07, 6.45) is 7.14. The third-order valence-electron chi connectivity index (χ3n) is 5.35. The average Bonchev–Trinajstić information content (AvgIpc) is 2.70. The predicted octanol–water partition coefficient (Wildman–Crippen LogP) is 3.38. The van der Waals surface area contributed by atoms with E-state index in [0.29, 0.717) is 18.4 Å². The fourth-order valence-electron chi connectivity index (χ4n) is 3.83. The molecule has 1 saturated carbocycles. The van der Waals surface area contributed by atoms with E-state index in [9.17, 15) is 9.59 Å². The van der Waals surface area contributed by atoms with Crippen molar-refractivity contribution in [2.45, 2.75) is 50.3 Å². The Bertz CT molecular complexity index is 717. The number of amides is 2. The maximum Gasteiger partial charge on any atom is 0.261 e. The number of hydrogen-bond donors (Lipinski definition) is 1. The van der Waals surface area contributed by atoms with Gasteiger partial charge in [0, 0.05) is 31.6 Å². The molecule has 1 saturated heterocycles. The summed E-state index contributed by atoms with van der Waals surface area (Å²) in [5.74, 6) is -0.101. The van der Waals surface area contributed by atoms with Crippen molar-refractivity contribution < 1.29 is 14.3 Å². The van der Waals surface area contributed by atoms with Crippen molar-refractivity contribution in [2.75, 3.05) is 26.8 Å². The number of carbonyl (C=O) groups is 2. The molecule has 1 N–H and O–H groups in total. The Morgan fingerprint density at radius 1 is 1.29 bits per heavy atom. The van der Waals surface area contributed by atoms with Gasteiger partial charge in [0.15, 0.2) is 0 Å². The largest absolute Gasteiger partial charge is 0.385 e. The number of thioether (sulfide) groups is 1. The van der Waals surface area contributed by atoms with Gasteiger partial charge in [-0.3, -0.25) is 9.59 Å². The first-order valence-corrected chi connectivity index (χ1v) is 11.0. The number of methoxy groups -OCH3 is 1. The molecule has 0 radical (unpaired) electrons. The molecule has 1 aliphatic carbocycles. The van der Waals surface area contributed by atoms with E-state index in [-0.39, 0.29) is 24.4 Å². The van der Waals surface area contributed by atoms with Crippen molar-refractivity contribution in [1.82, 2.24) is 10.2 Å². The van der Waals surface area contributed by atoms with Crippen LogP contribution >= 0.6 is 11.8 Å². The SMILES string of the molecule is COCCCNC(=O)CN1C(=O)/C(=C\c2ccc(C)cc2)SC2CCCCC21. The highest BCUT2D eigenvalue weighted by Crippen LogP contribution is 2.42. The van der Waals surface area contributed by atoms with Gasteiger partial charge in [-0.25, -0.2) is 0 Å². The van der Waals surface area contributed by atoms with Crippen molar-refractivity contribution in [3.05, 3.63) is 40.3 Å². The zero-order chi connectivity index (χ0) is 19.9. The van der Waals surface area contributed by atoms with Crippen LogP contribution in [0.15, 0.2) is 29.2 Å². The van der Waals surface area contributed by atoms with Gasteiger partial charge < -0.3 is 15.0 Å². The molecule has 0 aromatic heterocycles. The maximum atomic E-state index is 13.2. The second kappa shape index (κ2) is 10.1. The molecule has 1 heterocycles. The first kappa shape index (κ1) is 20.9. The highest BCUT2D eigenvalue weighted by atomic mass is 32.2. The molecule has 28 heavy (non-hydrogen) atoms. The predicted molar refractivity (Wildman–Crippen MR) is 114 cm³/mol. The van der Waals surface area contributed by atoms with Gasteiger partial charge in [0.25, 0.3) is 5.91 Å². The fraction of sp³-hybridized carbons (Fsp3) is 0.545. The molecule has 3 rings (SSSR count). The van der Waals surface area contributed by atoms with E-state index in [1.165, 1.54) is 12.0 Å². The number of nitrogens with one attached hydrogen (secondary N) is 1. The van der Waals surface area contributed by atoms with E-state index in [0.717, 1.165) is 36.2 Å². The second-order valence-corrected chi connectivity index (χ2v) is 8.84. The molecule has 6 heteroatoms. The van der Waals surface area contributed by atoms with Crippen LogP contribution in [0.1, 0.15) is 43.2 Å². The van der Waals surface area contributed by atoms with Crippen molar-refractivity contribution in [3.8, 4) is 0 Å². The van der Waals surface area contributed by atoms with Gasteiger partial charge in [0.2, 0.25) is 5.91 Å². The number of rotatable bonds is 7. The summed E-state index contributed by atoms with van der Waals surface area (Å²) >= 11 is 1.70. The second-order valence-electron chi connectivity index (χ2n) is 7.56. The molecule has 1 aliphatic heterocycles. The van der Waals surface area contributed by atoms with Crippen LogP contribution < -0.4 is 5.32 Å². The molecular formula is C22H30N2O3S. The lowest BCUT2D eigenvalue weighted by atomic mass is 9.93. The molecule has 5 nitrogen and oxygen atoms in total. The van der Waals surface area contributed by atoms with Gasteiger partial charge in [-0.2, -0.15) is 0 Å². The Labute approximate surface area is 171 Å². The fourth-order valence-corrected chi connectivity index (χ4v) is 5.30. The summed E-state index contributed by atoms with van der Waals surface area (Å²) in [6.45, 7) is 3.38. The monoisotopic (exact) mass is 402 g/mol. The minimum absolute atomic E-state index is 0.0132. The van der Waals surface area contributed by atoms with Crippen molar-refractivity contribution in [3.63, 3.8) is 0 Å². The number of nitrogens with zero attached hydrogens (tertiary/aromatic N) is 1. The molecule has 1 aromatic rings. The Hall–Kier alpha value is -1.79. The van der Waals surface area contributed by atoms with E-state index in [4.69, 9.17) is 4.74 Å². The molecule has 0 spiro atoms. The smallest absolute Gasteiger partial charge is 0.261 e. The third kappa shape index (κ3) is 5.39. The summed E-state index contributed by atoms with van der Waals surface area (Å²) in [6, 6.07) is 8.34. The van der Waals surface area contributed by atoms with Gasteiger partial charge in [0.1, 0.15) is 6.54 Å². The summed E-state index contributed by atoms with van der Waals surface area (Å²) in [4.78, 5) is 28.2. The number of ether oxygens (including phenoxy) is 1.